The number of ether oxygens (including phenoxy) is 1. The summed E-state index contributed by atoms with van der Waals surface area (Å²) in [4.78, 5) is 39.9. The van der Waals surface area contributed by atoms with Crippen LogP contribution in [0.5, 0.6) is 0 Å². The highest BCUT2D eigenvalue weighted by molar-refractivity contribution is 6.00. The van der Waals surface area contributed by atoms with Crippen molar-refractivity contribution in [2.45, 2.75) is 12.3 Å². The fourth-order valence-corrected chi connectivity index (χ4v) is 2.67. The van der Waals surface area contributed by atoms with Crippen LogP contribution in [-0.4, -0.2) is 47.1 Å². The highest BCUT2D eigenvalue weighted by Crippen LogP contribution is 2.37. The zero-order valence-electron chi connectivity index (χ0n) is 13.0. The van der Waals surface area contributed by atoms with Crippen LogP contribution in [0.25, 0.3) is 0 Å². The number of aromatic amines is 1. The number of pyridine rings is 1. The van der Waals surface area contributed by atoms with Crippen LogP contribution in [-0.2, 0) is 9.53 Å². The number of hydrogen-bond acceptors (Lipinski definition) is 6. The van der Waals surface area contributed by atoms with Gasteiger partial charge in [0.1, 0.15) is 11.4 Å². The summed E-state index contributed by atoms with van der Waals surface area (Å²) in [6.07, 6.45) is 0.0914. The second kappa shape index (κ2) is 6.11. The molecule has 2 amide bonds. The zero-order chi connectivity index (χ0) is 17.3. The third-order valence-corrected chi connectivity index (χ3v) is 3.78. The molecule has 1 aliphatic rings. The van der Waals surface area contributed by atoms with Crippen LogP contribution in [0.3, 0.4) is 0 Å². The summed E-state index contributed by atoms with van der Waals surface area (Å²) in [6.45, 7) is 0. The lowest BCUT2D eigenvalue weighted by Gasteiger charge is -2.22. The quantitative estimate of drug-likeness (QED) is 0.701. The molecule has 0 saturated carbocycles. The van der Waals surface area contributed by atoms with E-state index in [9.17, 15) is 14.4 Å². The van der Waals surface area contributed by atoms with Crippen molar-refractivity contribution in [2.75, 3.05) is 19.5 Å². The maximum absolute atomic E-state index is 12.0. The second-order valence-corrected chi connectivity index (χ2v) is 5.18. The summed E-state index contributed by atoms with van der Waals surface area (Å²) in [5.41, 5.74) is 1.42. The van der Waals surface area contributed by atoms with E-state index in [4.69, 9.17) is 0 Å². The molecule has 0 saturated heterocycles. The van der Waals surface area contributed by atoms with Gasteiger partial charge in [0.15, 0.2) is 5.82 Å². The van der Waals surface area contributed by atoms with E-state index >= 15 is 0 Å². The molecule has 3 rings (SSSR count). The second-order valence-electron chi connectivity index (χ2n) is 5.18. The Bertz CT molecular complexity index is 829. The molecular weight excluding hydrogens is 314 g/mol. The Morgan fingerprint density at radius 1 is 1.38 bits per heavy atom. The van der Waals surface area contributed by atoms with Gasteiger partial charge < -0.3 is 15.4 Å². The van der Waals surface area contributed by atoms with Crippen molar-refractivity contribution >= 4 is 23.6 Å². The van der Waals surface area contributed by atoms with Crippen molar-refractivity contribution in [3.05, 3.63) is 40.8 Å². The first-order valence-corrected chi connectivity index (χ1v) is 7.20. The molecule has 24 heavy (non-hydrogen) atoms. The molecule has 0 bridgehead atoms. The molecule has 9 nitrogen and oxygen atoms in total. The van der Waals surface area contributed by atoms with Gasteiger partial charge in [-0.05, 0) is 12.1 Å². The van der Waals surface area contributed by atoms with Crippen molar-refractivity contribution < 1.29 is 19.1 Å². The Labute approximate surface area is 136 Å². The summed E-state index contributed by atoms with van der Waals surface area (Å²) in [7, 11) is 2.77. The average Bonchev–Trinajstić information content (AvgIpc) is 3.03. The minimum Gasteiger partial charge on any atom is -0.464 e. The van der Waals surface area contributed by atoms with Gasteiger partial charge in [0.25, 0.3) is 5.91 Å². The molecule has 1 atom stereocenters. The summed E-state index contributed by atoms with van der Waals surface area (Å²) in [5, 5.41) is 11.8. The highest BCUT2D eigenvalue weighted by atomic mass is 16.5. The molecule has 2 aromatic rings. The molecule has 0 aromatic carbocycles. The zero-order valence-corrected chi connectivity index (χ0v) is 13.0. The van der Waals surface area contributed by atoms with Crippen LogP contribution < -0.4 is 10.6 Å². The monoisotopic (exact) mass is 329 g/mol. The molecule has 1 unspecified atom stereocenters. The molecule has 3 N–H and O–H groups in total. The summed E-state index contributed by atoms with van der Waals surface area (Å²) in [6, 6.07) is 4.87. The minimum absolute atomic E-state index is 0.0914. The van der Waals surface area contributed by atoms with Gasteiger partial charge >= 0.3 is 5.97 Å². The maximum atomic E-state index is 12.0. The number of anilines is 1. The van der Waals surface area contributed by atoms with Crippen LogP contribution in [0.2, 0.25) is 0 Å². The lowest BCUT2D eigenvalue weighted by molar-refractivity contribution is -0.116. The molecule has 3 heterocycles. The predicted octanol–water partition coefficient (Wildman–Crippen LogP) is 0.425. The molecule has 0 spiro atoms. The van der Waals surface area contributed by atoms with Gasteiger partial charge in [-0.3, -0.25) is 14.7 Å². The number of nitrogens with one attached hydrogen (secondary N) is 3. The molecular formula is C15H15N5O4. The number of aromatic nitrogens is 3. The smallest absolute Gasteiger partial charge is 0.356 e. The van der Waals surface area contributed by atoms with E-state index in [1.54, 1.807) is 12.1 Å². The number of methoxy groups -OCH3 is 1. The lowest BCUT2D eigenvalue weighted by Crippen LogP contribution is -2.27. The Morgan fingerprint density at radius 2 is 2.17 bits per heavy atom. The van der Waals surface area contributed by atoms with Crippen LogP contribution in [0.15, 0.2) is 18.2 Å². The van der Waals surface area contributed by atoms with Crippen molar-refractivity contribution in [2.24, 2.45) is 0 Å². The fourth-order valence-electron chi connectivity index (χ4n) is 2.67. The van der Waals surface area contributed by atoms with Crippen molar-refractivity contribution in [3.63, 3.8) is 0 Å². The van der Waals surface area contributed by atoms with Gasteiger partial charge in [0.05, 0.1) is 7.11 Å². The number of rotatable bonds is 3. The van der Waals surface area contributed by atoms with E-state index in [1.165, 1.54) is 20.2 Å². The van der Waals surface area contributed by atoms with Crippen molar-refractivity contribution in [3.8, 4) is 0 Å². The predicted molar refractivity (Wildman–Crippen MR) is 82.6 cm³/mol. The number of nitrogens with zero attached hydrogens (tertiary/aromatic N) is 2. The number of carbonyl (C=O) groups is 3. The molecule has 0 aliphatic carbocycles. The number of fused-ring (bicyclic) bond motifs is 1. The summed E-state index contributed by atoms with van der Waals surface area (Å²) >= 11 is 0. The molecule has 124 valence electrons. The molecule has 1 aliphatic heterocycles. The van der Waals surface area contributed by atoms with Crippen LogP contribution >= 0.6 is 0 Å². The Kier molecular flexibility index (Phi) is 3.98. The summed E-state index contributed by atoms with van der Waals surface area (Å²) < 4.78 is 4.67. The normalized spacial score (nSPS) is 16.1. The van der Waals surface area contributed by atoms with Gasteiger partial charge in [0.2, 0.25) is 5.91 Å². The van der Waals surface area contributed by atoms with E-state index in [1.807, 2.05) is 0 Å². The van der Waals surface area contributed by atoms with E-state index in [-0.39, 0.29) is 29.6 Å². The Hall–Kier alpha value is -3.23. The minimum atomic E-state index is -0.573. The Morgan fingerprint density at radius 3 is 2.88 bits per heavy atom. The number of esters is 1. The van der Waals surface area contributed by atoms with Gasteiger partial charge in [-0.2, -0.15) is 5.10 Å². The van der Waals surface area contributed by atoms with E-state index in [0.717, 1.165) is 0 Å². The Balaban J connectivity index is 2.10. The first kappa shape index (κ1) is 15.7. The van der Waals surface area contributed by atoms with Crippen molar-refractivity contribution in [1.82, 2.24) is 20.5 Å². The largest absolute Gasteiger partial charge is 0.464 e. The fraction of sp³-hybridized carbons (Fsp3) is 0.267. The molecule has 2 aromatic heterocycles. The first-order chi connectivity index (χ1) is 11.5. The summed E-state index contributed by atoms with van der Waals surface area (Å²) in [5.74, 6) is -1.37. The average molecular weight is 329 g/mol. The lowest BCUT2D eigenvalue weighted by atomic mass is 9.88. The van der Waals surface area contributed by atoms with Crippen LogP contribution in [0.4, 0.5) is 5.82 Å². The SMILES string of the molecule is CNC(=O)c1[nH]nc2c1C(c1cccc(C(=O)OC)n1)CC(=O)N2. The number of amides is 2. The first-order valence-electron chi connectivity index (χ1n) is 7.20. The van der Waals surface area contributed by atoms with Gasteiger partial charge in [-0.25, -0.2) is 9.78 Å². The third-order valence-electron chi connectivity index (χ3n) is 3.78. The van der Waals surface area contributed by atoms with Gasteiger partial charge in [-0.15, -0.1) is 0 Å². The standard InChI is InChI=1S/C15H15N5O4/c1-16-14(22)12-11-7(6-10(21)18-13(11)20-19-12)8-4-3-5-9(17-8)15(23)24-2/h3-5,7H,6H2,1-2H3,(H,16,22)(H2,18,19,20,21). The van der Waals surface area contributed by atoms with E-state index < -0.39 is 11.9 Å². The number of H-pyrrole nitrogens is 1. The molecule has 9 heteroatoms. The number of hydrogen-bond donors (Lipinski definition) is 3. The van der Waals surface area contributed by atoms with Crippen LogP contribution in [0.1, 0.15) is 44.6 Å². The van der Waals surface area contributed by atoms with E-state index in [2.05, 4.69) is 30.6 Å². The van der Waals surface area contributed by atoms with Gasteiger partial charge in [0, 0.05) is 30.6 Å². The third kappa shape index (κ3) is 2.60. The van der Waals surface area contributed by atoms with Gasteiger partial charge in [-0.1, -0.05) is 6.07 Å². The molecule has 0 radical (unpaired) electrons. The maximum Gasteiger partial charge on any atom is 0.356 e. The topological polar surface area (TPSA) is 126 Å². The van der Waals surface area contributed by atoms with Crippen molar-refractivity contribution in [1.29, 1.82) is 0 Å². The number of carbonyl (C=O) groups excluding carboxylic acids is 3. The van der Waals surface area contributed by atoms with Crippen LogP contribution in [0, 0.1) is 0 Å². The van der Waals surface area contributed by atoms with E-state index in [0.29, 0.717) is 17.1 Å². The molecule has 0 fully saturated rings. The highest BCUT2D eigenvalue weighted by Gasteiger charge is 2.34.